The van der Waals surface area contributed by atoms with E-state index in [1.807, 2.05) is 0 Å². The lowest BCUT2D eigenvalue weighted by Crippen LogP contribution is -2.26. The average molecular weight is 233 g/mol. The highest BCUT2D eigenvalue weighted by molar-refractivity contribution is 5.45. The van der Waals surface area contributed by atoms with Crippen molar-refractivity contribution < 1.29 is 4.74 Å². The van der Waals surface area contributed by atoms with E-state index in [0.29, 0.717) is 12.1 Å². The Hall–Kier alpha value is -1.02. The number of unbranched alkanes of at least 4 members (excludes halogenated alkanes) is 1. The van der Waals surface area contributed by atoms with Crippen LogP contribution in [0.4, 0.5) is 5.69 Å². The minimum Gasteiger partial charge on any atom is -0.380 e. The normalized spacial score (nSPS) is 23.9. The van der Waals surface area contributed by atoms with Gasteiger partial charge in [0.15, 0.2) is 0 Å². The summed E-state index contributed by atoms with van der Waals surface area (Å²) in [4.78, 5) is 0. The van der Waals surface area contributed by atoms with Crippen molar-refractivity contribution in [1.82, 2.24) is 0 Å². The van der Waals surface area contributed by atoms with E-state index >= 15 is 0 Å². The van der Waals surface area contributed by atoms with E-state index < -0.39 is 0 Å². The van der Waals surface area contributed by atoms with Crippen LogP contribution in [0.25, 0.3) is 0 Å². The zero-order valence-corrected chi connectivity index (χ0v) is 10.9. The van der Waals surface area contributed by atoms with Gasteiger partial charge in [0, 0.05) is 12.3 Å². The summed E-state index contributed by atoms with van der Waals surface area (Å²) < 4.78 is 5.55. The van der Waals surface area contributed by atoms with Gasteiger partial charge in [0.05, 0.1) is 12.1 Å². The molecular weight excluding hydrogens is 210 g/mol. The molecule has 1 heterocycles. The highest BCUT2D eigenvalue weighted by Crippen LogP contribution is 2.19. The first-order valence-electron chi connectivity index (χ1n) is 6.76. The van der Waals surface area contributed by atoms with Gasteiger partial charge < -0.3 is 10.1 Å². The molecule has 17 heavy (non-hydrogen) atoms. The van der Waals surface area contributed by atoms with E-state index in [1.165, 1.54) is 30.5 Å². The van der Waals surface area contributed by atoms with Crippen LogP contribution in [0.2, 0.25) is 0 Å². The van der Waals surface area contributed by atoms with E-state index in [9.17, 15) is 0 Å². The van der Waals surface area contributed by atoms with Crippen LogP contribution in [-0.2, 0) is 11.2 Å². The molecule has 0 saturated carbocycles. The fourth-order valence-corrected chi connectivity index (χ4v) is 2.28. The van der Waals surface area contributed by atoms with Gasteiger partial charge in [-0.25, -0.2) is 0 Å². The number of nitrogens with one attached hydrogen (secondary N) is 1. The maximum absolute atomic E-state index is 5.55. The van der Waals surface area contributed by atoms with Crippen molar-refractivity contribution in [2.75, 3.05) is 11.9 Å². The molecule has 1 fully saturated rings. The Morgan fingerprint density at radius 1 is 1.29 bits per heavy atom. The van der Waals surface area contributed by atoms with Crippen molar-refractivity contribution in [3.05, 3.63) is 29.8 Å². The number of hydrogen-bond acceptors (Lipinski definition) is 2. The van der Waals surface area contributed by atoms with Gasteiger partial charge >= 0.3 is 0 Å². The van der Waals surface area contributed by atoms with Crippen LogP contribution in [0.3, 0.4) is 0 Å². The lowest BCUT2D eigenvalue weighted by atomic mass is 10.1. The molecule has 2 heteroatoms. The van der Waals surface area contributed by atoms with Crippen molar-refractivity contribution in [3.63, 3.8) is 0 Å². The van der Waals surface area contributed by atoms with E-state index in [4.69, 9.17) is 4.74 Å². The van der Waals surface area contributed by atoms with E-state index in [1.54, 1.807) is 0 Å². The lowest BCUT2D eigenvalue weighted by molar-refractivity contribution is 0.121. The average Bonchev–Trinajstić information content (AvgIpc) is 2.74. The maximum Gasteiger partial charge on any atom is 0.0748 e. The SMILES string of the molecule is CCCCc1ccc(NC2CCOC2C)cc1. The Bertz CT molecular complexity index is 333. The molecule has 1 aromatic carbocycles. The van der Waals surface area contributed by atoms with Gasteiger partial charge in [-0.3, -0.25) is 0 Å². The molecule has 0 spiro atoms. The molecule has 0 aliphatic carbocycles. The Morgan fingerprint density at radius 2 is 2.06 bits per heavy atom. The van der Waals surface area contributed by atoms with Crippen LogP contribution >= 0.6 is 0 Å². The minimum atomic E-state index is 0.328. The van der Waals surface area contributed by atoms with Gasteiger partial charge in [0.2, 0.25) is 0 Å². The van der Waals surface area contributed by atoms with Gasteiger partial charge in [-0.05, 0) is 43.9 Å². The molecule has 2 atom stereocenters. The van der Waals surface area contributed by atoms with Gasteiger partial charge in [-0.2, -0.15) is 0 Å². The van der Waals surface area contributed by atoms with Gasteiger partial charge in [0.1, 0.15) is 0 Å². The molecule has 2 nitrogen and oxygen atoms in total. The Labute approximate surface area is 104 Å². The van der Waals surface area contributed by atoms with Crippen LogP contribution in [0.15, 0.2) is 24.3 Å². The maximum atomic E-state index is 5.55. The van der Waals surface area contributed by atoms with E-state index in [0.717, 1.165) is 13.0 Å². The highest BCUT2D eigenvalue weighted by Gasteiger charge is 2.23. The molecule has 1 saturated heterocycles. The number of anilines is 1. The van der Waals surface area contributed by atoms with E-state index in [2.05, 4.69) is 43.4 Å². The second kappa shape index (κ2) is 6.06. The number of rotatable bonds is 5. The predicted molar refractivity (Wildman–Crippen MR) is 72.5 cm³/mol. The molecule has 2 unspecified atom stereocenters. The molecular formula is C15H23NO. The summed E-state index contributed by atoms with van der Waals surface area (Å²) in [6, 6.07) is 9.32. The minimum absolute atomic E-state index is 0.328. The summed E-state index contributed by atoms with van der Waals surface area (Å²) >= 11 is 0. The zero-order valence-electron chi connectivity index (χ0n) is 10.9. The second-order valence-electron chi connectivity index (χ2n) is 4.92. The predicted octanol–water partition coefficient (Wildman–Crippen LogP) is 3.62. The topological polar surface area (TPSA) is 21.3 Å². The largest absolute Gasteiger partial charge is 0.380 e. The molecule has 1 aromatic rings. The van der Waals surface area contributed by atoms with Crippen molar-refractivity contribution >= 4 is 5.69 Å². The molecule has 1 aliphatic heterocycles. The fraction of sp³-hybridized carbons (Fsp3) is 0.600. The summed E-state index contributed by atoms with van der Waals surface area (Å²) in [7, 11) is 0. The molecule has 94 valence electrons. The summed E-state index contributed by atoms with van der Waals surface area (Å²) in [5, 5.41) is 3.55. The van der Waals surface area contributed by atoms with Crippen molar-refractivity contribution in [3.8, 4) is 0 Å². The molecule has 0 amide bonds. The van der Waals surface area contributed by atoms with Gasteiger partial charge in [0.25, 0.3) is 0 Å². The van der Waals surface area contributed by atoms with E-state index in [-0.39, 0.29) is 0 Å². The Balaban J connectivity index is 1.89. The second-order valence-corrected chi connectivity index (χ2v) is 4.92. The number of benzene rings is 1. The number of aryl methyl sites for hydroxylation is 1. The Kier molecular flexibility index (Phi) is 4.43. The molecule has 1 N–H and O–H groups in total. The van der Waals surface area contributed by atoms with Crippen LogP contribution in [0.1, 0.15) is 38.7 Å². The number of ether oxygens (including phenoxy) is 1. The third-order valence-electron chi connectivity index (χ3n) is 3.50. The first kappa shape index (κ1) is 12.4. The standard InChI is InChI=1S/C15H23NO/c1-3-4-5-13-6-8-14(9-7-13)16-15-10-11-17-12(15)2/h6-9,12,15-16H,3-5,10-11H2,1-2H3. The Morgan fingerprint density at radius 3 is 2.65 bits per heavy atom. The van der Waals surface area contributed by atoms with Gasteiger partial charge in [-0.15, -0.1) is 0 Å². The van der Waals surface area contributed by atoms with Crippen molar-refractivity contribution in [1.29, 1.82) is 0 Å². The third-order valence-corrected chi connectivity index (χ3v) is 3.50. The van der Waals surface area contributed by atoms with Crippen LogP contribution < -0.4 is 5.32 Å². The fourth-order valence-electron chi connectivity index (χ4n) is 2.28. The first-order chi connectivity index (χ1) is 8.29. The highest BCUT2D eigenvalue weighted by atomic mass is 16.5. The monoisotopic (exact) mass is 233 g/mol. The summed E-state index contributed by atoms with van der Waals surface area (Å²) in [5.41, 5.74) is 2.65. The summed E-state index contributed by atoms with van der Waals surface area (Å²) in [6.07, 6.45) is 5.17. The summed E-state index contributed by atoms with van der Waals surface area (Å²) in [5.74, 6) is 0. The third kappa shape index (κ3) is 3.47. The lowest BCUT2D eigenvalue weighted by Gasteiger charge is -2.17. The molecule has 1 aliphatic rings. The van der Waals surface area contributed by atoms with Crippen molar-refractivity contribution in [2.24, 2.45) is 0 Å². The van der Waals surface area contributed by atoms with Crippen molar-refractivity contribution in [2.45, 2.75) is 51.7 Å². The molecule has 2 rings (SSSR count). The smallest absolute Gasteiger partial charge is 0.0748 e. The zero-order chi connectivity index (χ0) is 12.1. The van der Waals surface area contributed by atoms with Crippen LogP contribution in [0.5, 0.6) is 0 Å². The molecule has 0 aromatic heterocycles. The first-order valence-corrected chi connectivity index (χ1v) is 6.76. The number of hydrogen-bond donors (Lipinski definition) is 1. The molecule has 0 radical (unpaired) electrons. The van der Waals surface area contributed by atoms with Crippen LogP contribution in [-0.4, -0.2) is 18.8 Å². The summed E-state index contributed by atoms with van der Waals surface area (Å²) in [6.45, 7) is 5.26. The van der Waals surface area contributed by atoms with Gasteiger partial charge in [-0.1, -0.05) is 25.5 Å². The van der Waals surface area contributed by atoms with Crippen LogP contribution in [0, 0.1) is 0 Å². The quantitative estimate of drug-likeness (QED) is 0.838. The molecule has 0 bridgehead atoms.